The maximum absolute atomic E-state index is 13.0. The van der Waals surface area contributed by atoms with Gasteiger partial charge in [-0.1, -0.05) is 38.1 Å². The summed E-state index contributed by atoms with van der Waals surface area (Å²) in [5, 5.41) is 3.03. The molecule has 3 N–H and O–H groups in total. The third kappa shape index (κ3) is 7.68. The summed E-state index contributed by atoms with van der Waals surface area (Å²) in [7, 11) is -3.56. The van der Waals surface area contributed by atoms with Gasteiger partial charge in [-0.15, -0.1) is 0 Å². The molecule has 0 saturated carbocycles. The van der Waals surface area contributed by atoms with Crippen molar-refractivity contribution in [1.29, 1.82) is 0 Å². The van der Waals surface area contributed by atoms with E-state index in [-0.39, 0.29) is 10.5 Å². The monoisotopic (exact) mass is 593 g/mol. The summed E-state index contributed by atoms with van der Waals surface area (Å²) in [6.45, 7) is 11.2. The van der Waals surface area contributed by atoms with Crippen LogP contribution in [0, 0.1) is 6.92 Å². The second-order valence-corrected chi connectivity index (χ2v) is 10.9. The van der Waals surface area contributed by atoms with Crippen molar-refractivity contribution in [2.24, 2.45) is 4.99 Å². The number of aromatic amines is 1. The number of sulfonamides is 1. The molecule has 0 atom stereocenters. The van der Waals surface area contributed by atoms with Crippen LogP contribution >= 0.6 is 0 Å². The molecule has 10 nitrogen and oxygen atoms in total. The predicted molar refractivity (Wildman–Crippen MR) is 168 cm³/mol. The molecule has 0 aliphatic heterocycles. The number of hydrogen-bond donors (Lipinski definition) is 2. The Morgan fingerprint density at radius 3 is 2.05 bits per heavy atom. The molecule has 1 heterocycles. The lowest BCUT2D eigenvalue weighted by Crippen LogP contribution is -2.30. The number of para-hydroxylation sites is 4. The van der Waals surface area contributed by atoms with Gasteiger partial charge in [-0.25, -0.2) is 13.1 Å². The third-order valence-electron chi connectivity index (χ3n) is 6.27. The maximum Gasteiger partial charge on any atom is 0.280 e. The summed E-state index contributed by atoms with van der Waals surface area (Å²) >= 11 is 0. The fourth-order valence-electron chi connectivity index (χ4n) is 4.12. The number of hydrogen-bond acceptors (Lipinski definition) is 7. The molecule has 1 aromatic heterocycles. The fraction of sp³-hybridized carbons (Fsp3) is 0.290. The Hall–Kier alpha value is -4.35. The number of rotatable bonds is 11. The fourth-order valence-corrected chi connectivity index (χ4v) is 5.57. The first-order chi connectivity index (χ1) is 20.2. The average Bonchev–Trinajstić information content (AvgIpc) is 3.27. The van der Waals surface area contributed by atoms with Crippen molar-refractivity contribution in [3.05, 3.63) is 94.4 Å². The molecule has 0 spiro atoms. The SMILES string of the molecule is CCOc1ccccc1N.CCOc1ccccc1N=Cc1c(C)[nH]n(-c2ccc(S(=O)(=O)N(CC)CC)cc2)c1=O. The predicted octanol–water partition coefficient (Wildman–Crippen LogP) is 5.32. The number of ether oxygens (including phenoxy) is 2. The summed E-state index contributed by atoms with van der Waals surface area (Å²) in [6, 6.07) is 21.1. The molecule has 42 heavy (non-hydrogen) atoms. The summed E-state index contributed by atoms with van der Waals surface area (Å²) in [6.07, 6.45) is 1.52. The van der Waals surface area contributed by atoms with Gasteiger partial charge in [0.2, 0.25) is 10.0 Å². The summed E-state index contributed by atoms with van der Waals surface area (Å²) in [5.74, 6) is 1.41. The number of nitrogens with two attached hydrogens (primary N) is 1. The van der Waals surface area contributed by atoms with Crippen molar-refractivity contribution in [2.75, 3.05) is 32.0 Å². The average molecular weight is 594 g/mol. The van der Waals surface area contributed by atoms with Crippen LogP contribution in [0.3, 0.4) is 0 Å². The second kappa shape index (κ2) is 15.0. The van der Waals surface area contributed by atoms with Crippen LogP contribution < -0.4 is 20.8 Å². The Bertz CT molecular complexity index is 1640. The number of nitrogens with one attached hydrogen (secondary N) is 1. The molecule has 0 unspecified atom stereocenters. The number of nitrogen functional groups attached to an aromatic ring is 1. The van der Waals surface area contributed by atoms with Crippen molar-refractivity contribution in [1.82, 2.24) is 14.1 Å². The van der Waals surface area contributed by atoms with Crippen LogP contribution in [0.2, 0.25) is 0 Å². The van der Waals surface area contributed by atoms with Crippen LogP contribution in [-0.4, -0.2) is 55.0 Å². The minimum Gasteiger partial charge on any atom is -0.492 e. The Kier molecular flexibility index (Phi) is 11.5. The molecular formula is C31H39N5O5S. The Morgan fingerprint density at radius 1 is 0.881 bits per heavy atom. The Balaban J connectivity index is 0.000000408. The molecule has 4 aromatic rings. The van der Waals surface area contributed by atoms with Gasteiger partial charge in [0.25, 0.3) is 5.56 Å². The van der Waals surface area contributed by atoms with E-state index in [0.29, 0.717) is 60.4 Å². The number of nitrogens with zero attached hydrogens (tertiary/aromatic N) is 3. The van der Waals surface area contributed by atoms with Crippen LogP contribution in [0.25, 0.3) is 5.69 Å². The standard InChI is InChI=1S/C23H28N4O4S.C8H11NO/c1-5-26(6-2)32(29,30)19-14-12-18(13-15-19)27-23(28)20(17(4)25-27)16-24-21-10-8-9-11-22(21)31-7-3;1-2-10-8-6-4-3-5-7(8)9/h8-16,25H,5-7H2,1-4H3;3-6H,2,9H2,1H3. The van der Waals surface area contributed by atoms with Gasteiger partial charge in [0, 0.05) is 25.0 Å². The second-order valence-electron chi connectivity index (χ2n) is 9.00. The molecular weight excluding hydrogens is 554 g/mol. The summed E-state index contributed by atoms with van der Waals surface area (Å²) in [5.41, 5.74) is 8.23. The summed E-state index contributed by atoms with van der Waals surface area (Å²) < 4.78 is 38.9. The van der Waals surface area contributed by atoms with E-state index in [1.165, 1.54) is 27.3 Å². The Labute approximate surface area is 247 Å². The first-order valence-electron chi connectivity index (χ1n) is 13.8. The van der Waals surface area contributed by atoms with Gasteiger partial charge in [0.05, 0.1) is 35.0 Å². The van der Waals surface area contributed by atoms with Crippen LogP contribution in [-0.2, 0) is 10.0 Å². The lowest BCUT2D eigenvalue weighted by molar-refractivity contribution is 0.341. The highest BCUT2D eigenvalue weighted by molar-refractivity contribution is 7.89. The molecule has 0 saturated heterocycles. The molecule has 0 amide bonds. The molecule has 0 aliphatic carbocycles. The quantitative estimate of drug-likeness (QED) is 0.179. The van der Waals surface area contributed by atoms with Gasteiger partial charge in [-0.05, 0) is 69.3 Å². The minimum absolute atomic E-state index is 0.190. The number of anilines is 1. The van der Waals surface area contributed by atoms with Crippen molar-refractivity contribution < 1.29 is 17.9 Å². The van der Waals surface area contributed by atoms with E-state index >= 15 is 0 Å². The normalized spacial score (nSPS) is 11.4. The zero-order chi connectivity index (χ0) is 30.7. The van der Waals surface area contributed by atoms with Crippen LogP contribution in [0.1, 0.15) is 39.0 Å². The number of benzene rings is 3. The number of H-pyrrole nitrogens is 1. The highest BCUT2D eigenvalue weighted by atomic mass is 32.2. The van der Waals surface area contributed by atoms with Crippen LogP contribution in [0.15, 0.2) is 87.5 Å². The van der Waals surface area contributed by atoms with E-state index in [4.69, 9.17) is 15.2 Å². The van der Waals surface area contributed by atoms with Gasteiger partial charge >= 0.3 is 0 Å². The van der Waals surface area contributed by atoms with E-state index in [1.54, 1.807) is 32.9 Å². The lowest BCUT2D eigenvalue weighted by Gasteiger charge is -2.18. The maximum atomic E-state index is 13.0. The van der Waals surface area contributed by atoms with Crippen LogP contribution in [0.4, 0.5) is 11.4 Å². The molecule has 0 radical (unpaired) electrons. The first-order valence-corrected chi connectivity index (χ1v) is 15.3. The van der Waals surface area contributed by atoms with Crippen molar-refractivity contribution in [2.45, 2.75) is 39.5 Å². The lowest BCUT2D eigenvalue weighted by atomic mass is 10.2. The van der Waals surface area contributed by atoms with E-state index in [9.17, 15) is 13.2 Å². The summed E-state index contributed by atoms with van der Waals surface area (Å²) in [4.78, 5) is 17.6. The van der Waals surface area contributed by atoms with Crippen molar-refractivity contribution in [3.63, 3.8) is 0 Å². The van der Waals surface area contributed by atoms with Gasteiger partial charge in [-0.2, -0.15) is 4.31 Å². The van der Waals surface area contributed by atoms with E-state index in [2.05, 4.69) is 10.1 Å². The first kappa shape index (κ1) is 32.2. The van der Waals surface area contributed by atoms with E-state index in [1.807, 2.05) is 62.4 Å². The number of aliphatic imine (C=N–C) groups is 1. The molecule has 3 aromatic carbocycles. The van der Waals surface area contributed by atoms with Gasteiger partial charge in [0.1, 0.15) is 17.2 Å². The molecule has 0 bridgehead atoms. The van der Waals surface area contributed by atoms with Gasteiger partial charge in [-0.3, -0.25) is 14.9 Å². The molecule has 0 aliphatic rings. The number of aryl methyl sites for hydroxylation is 1. The van der Waals surface area contributed by atoms with Crippen molar-refractivity contribution in [3.8, 4) is 17.2 Å². The highest BCUT2D eigenvalue weighted by Crippen LogP contribution is 2.26. The number of aromatic nitrogens is 2. The molecule has 4 rings (SSSR count). The third-order valence-corrected chi connectivity index (χ3v) is 8.34. The Morgan fingerprint density at radius 2 is 1.45 bits per heavy atom. The minimum atomic E-state index is -3.56. The van der Waals surface area contributed by atoms with E-state index in [0.717, 1.165) is 5.75 Å². The zero-order valence-corrected chi connectivity index (χ0v) is 25.5. The van der Waals surface area contributed by atoms with Crippen molar-refractivity contribution >= 4 is 27.6 Å². The molecule has 224 valence electrons. The van der Waals surface area contributed by atoms with E-state index < -0.39 is 10.0 Å². The van der Waals surface area contributed by atoms with Gasteiger partial charge in [0.15, 0.2) is 0 Å². The smallest absolute Gasteiger partial charge is 0.280 e. The zero-order valence-electron chi connectivity index (χ0n) is 24.7. The topological polar surface area (TPSA) is 132 Å². The molecule has 0 fully saturated rings. The van der Waals surface area contributed by atoms with Gasteiger partial charge < -0.3 is 15.2 Å². The highest BCUT2D eigenvalue weighted by Gasteiger charge is 2.21. The van der Waals surface area contributed by atoms with Crippen LogP contribution in [0.5, 0.6) is 11.5 Å². The largest absolute Gasteiger partial charge is 0.492 e. The molecule has 11 heteroatoms.